The fourth-order valence-electron chi connectivity index (χ4n) is 2.95. The molecule has 24 heavy (non-hydrogen) atoms. The predicted molar refractivity (Wildman–Crippen MR) is 98.3 cm³/mol. The van der Waals surface area contributed by atoms with Gasteiger partial charge in [-0.2, -0.15) is 0 Å². The number of sulfonamides is 1. The summed E-state index contributed by atoms with van der Waals surface area (Å²) >= 11 is 11.9. The van der Waals surface area contributed by atoms with Crippen LogP contribution in [0.25, 0.3) is 0 Å². The number of likely N-dealkylation sites (N-methyl/N-ethyl adjacent to an activating group) is 1. The average Bonchev–Trinajstić information content (AvgIpc) is 2.54. The number of hydrogen-bond donors (Lipinski definition) is 0. The van der Waals surface area contributed by atoms with E-state index in [9.17, 15) is 13.2 Å². The zero-order chi connectivity index (χ0) is 17.9. The third kappa shape index (κ3) is 4.77. The molecule has 1 fully saturated rings. The van der Waals surface area contributed by atoms with E-state index in [1.807, 2.05) is 0 Å². The van der Waals surface area contributed by atoms with E-state index in [0.29, 0.717) is 10.7 Å². The molecule has 8 heteroatoms. The van der Waals surface area contributed by atoms with Gasteiger partial charge < -0.3 is 4.90 Å². The minimum Gasteiger partial charge on any atom is -0.341 e. The number of carbonyl (C=O) groups excluding carboxylic acids is 1. The number of amides is 1. The Hall–Kier alpha value is -0.980. The molecule has 0 radical (unpaired) electrons. The van der Waals surface area contributed by atoms with E-state index >= 15 is 0 Å². The fourth-order valence-corrected chi connectivity index (χ4v) is 4.08. The molecule has 1 aromatic rings. The van der Waals surface area contributed by atoms with Crippen molar-refractivity contribution in [2.45, 2.75) is 38.1 Å². The number of benzene rings is 1. The Morgan fingerprint density at radius 1 is 1.17 bits per heavy atom. The summed E-state index contributed by atoms with van der Waals surface area (Å²) in [6.45, 7) is -0.246. The van der Waals surface area contributed by atoms with Crippen molar-refractivity contribution in [2.24, 2.45) is 0 Å². The van der Waals surface area contributed by atoms with Crippen LogP contribution in [-0.2, 0) is 14.8 Å². The number of rotatable bonds is 5. The molecule has 0 spiro atoms. The van der Waals surface area contributed by atoms with Crippen LogP contribution in [0.5, 0.6) is 0 Å². The first-order chi connectivity index (χ1) is 11.2. The molecule has 0 aromatic heterocycles. The number of carbonyl (C=O) groups is 1. The van der Waals surface area contributed by atoms with Gasteiger partial charge in [0.2, 0.25) is 15.9 Å². The Morgan fingerprint density at radius 2 is 1.79 bits per heavy atom. The van der Waals surface area contributed by atoms with Gasteiger partial charge >= 0.3 is 0 Å². The van der Waals surface area contributed by atoms with E-state index in [1.54, 1.807) is 18.0 Å². The molecule has 1 aliphatic carbocycles. The summed E-state index contributed by atoms with van der Waals surface area (Å²) in [6.07, 6.45) is 6.40. The highest BCUT2D eigenvalue weighted by Crippen LogP contribution is 2.29. The molecule has 1 saturated carbocycles. The van der Waals surface area contributed by atoms with Crippen molar-refractivity contribution in [1.29, 1.82) is 0 Å². The molecule has 0 atom stereocenters. The molecule has 5 nitrogen and oxygen atoms in total. The van der Waals surface area contributed by atoms with Crippen LogP contribution in [0, 0.1) is 0 Å². The van der Waals surface area contributed by atoms with Crippen LogP contribution < -0.4 is 4.31 Å². The first-order valence-corrected chi connectivity index (χ1v) is 10.5. The third-order valence-electron chi connectivity index (χ3n) is 4.39. The van der Waals surface area contributed by atoms with Crippen LogP contribution in [-0.4, -0.2) is 45.1 Å². The van der Waals surface area contributed by atoms with E-state index in [1.165, 1.54) is 18.6 Å². The van der Waals surface area contributed by atoms with Gasteiger partial charge in [0.1, 0.15) is 6.54 Å². The second-order valence-electron chi connectivity index (χ2n) is 6.16. The summed E-state index contributed by atoms with van der Waals surface area (Å²) in [4.78, 5) is 14.3. The summed E-state index contributed by atoms with van der Waals surface area (Å²) in [6, 6.07) is 4.70. The lowest BCUT2D eigenvalue weighted by atomic mass is 9.94. The monoisotopic (exact) mass is 392 g/mol. The minimum absolute atomic E-state index is 0.182. The predicted octanol–water partition coefficient (Wildman–Crippen LogP) is 3.55. The highest BCUT2D eigenvalue weighted by molar-refractivity contribution is 7.92. The molecule has 1 aromatic carbocycles. The smallest absolute Gasteiger partial charge is 0.243 e. The van der Waals surface area contributed by atoms with E-state index in [2.05, 4.69) is 0 Å². The lowest BCUT2D eigenvalue weighted by Crippen LogP contribution is -2.45. The average molecular weight is 393 g/mol. The first-order valence-electron chi connectivity index (χ1n) is 7.88. The summed E-state index contributed by atoms with van der Waals surface area (Å²) in [5.74, 6) is -0.224. The van der Waals surface area contributed by atoms with Crippen LogP contribution in [0.4, 0.5) is 5.69 Å². The topological polar surface area (TPSA) is 57.7 Å². The molecular weight excluding hydrogens is 371 g/mol. The van der Waals surface area contributed by atoms with Gasteiger partial charge in [0, 0.05) is 13.1 Å². The number of anilines is 1. The Bertz CT molecular complexity index is 703. The standard InChI is InChI=1S/C16H22Cl2N2O3S/c1-19(12-6-4-3-5-7-12)16(21)11-20(24(2,22)23)13-8-9-14(17)15(18)10-13/h8-10,12H,3-7,11H2,1-2H3. The van der Waals surface area contributed by atoms with Crippen molar-refractivity contribution in [3.05, 3.63) is 28.2 Å². The molecule has 0 bridgehead atoms. The van der Waals surface area contributed by atoms with Crippen molar-refractivity contribution >= 4 is 44.8 Å². The van der Waals surface area contributed by atoms with E-state index in [4.69, 9.17) is 23.2 Å². The van der Waals surface area contributed by atoms with Crippen LogP contribution >= 0.6 is 23.2 Å². The lowest BCUT2D eigenvalue weighted by Gasteiger charge is -2.33. The zero-order valence-corrected chi connectivity index (χ0v) is 16.2. The van der Waals surface area contributed by atoms with E-state index in [0.717, 1.165) is 36.2 Å². The Labute approximate surface area is 153 Å². The summed E-state index contributed by atoms with van der Waals surface area (Å²) in [7, 11) is -1.88. The van der Waals surface area contributed by atoms with Crippen LogP contribution in [0.3, 0.4) is 0 Å². The highest BCUT2D eigenvalue weighted by atomic mass is 35.5. The number of hydrogen-bond acceptors (Lipinski definition) is 3. The van der Waals surface area contributed by atoms with Crippen LogP contribution in [0.1, 0.15) is 32.1 Å². The molecule has 1 amide bonds. The van der Waals surface area contributed by atoms with Gasteiger partial charge in [0.05, 0.1) is 22.0 Å². The Balaban J connectivity index is 2.19. The molecule has 0 saturated heterocycles. The lowest BCUT2D eigenvalue weighted by molar-refractivity contribution is -0.130. The summed E-state index contributed by atoms with van der Waals surface area (Å²) in [5, 5.41) is 0.579. The van der Waals surface area contributed by atoms with Crippen molar-refractivity contribution < 1.29 is 13.2 Å². The maximum atomic E-state index is 12.6. The maximum Gasteiger partial charge on any atom is 0.243 e. The van der Waals surface area contributed by atoms with E-state index in [-0.39, 0.29) is 23.5 Å². The molecule has 0 heterocycles. The third-order valence-corrected chi connectivity index (χ3v) is 6.27. The Kier molecular flexibility index (Phi) is 6.39. The van der Waals surface area contributed by atoms with Gasteiger partial charge in [-0.05, 0) is 31.0 Å². The van der Waals surface area contributed by atoms with E-state index < -0.39 is 10.0 Å². The highest BCUT2D eigenvalue weighted by Gasteiger charge is 2.27. The largest absolute Gasteiger partial charge is 0.341 e. The van der Waals surface area contributed by atoms with Crippen molar-refractivity contribution in [2.75, 3.05) is 24.2 Å². The van der Waals surface area contributed by atoms with Crippen molar-refractivity contribution in [3.8, 4) is 0 Å². The maximum absolute atomic E-state index is 12.6. The van der Waals surface area contributed by atoms with Gasteiger partial charge in [0.15, 0.2) is 0 Å². The molecule has 0 unspecified atom stereocenters. The first kappa shape index (κ1) is 19.3. The summed E-state index contributed by atoms with van der Waals surface area (Å²) < 4.78 is 25.3. The number of nitrogens with zero attached hydrogens (tertiary/aromatic N) is 2. The van der Waals surface area contributed by atoms with Gasteiger partial charge in [-0.25, -0.2) is 8.42 Å². The Morgan fingerprint density at radius 3 is 2.33 bits per heavy atom. The molecule has 134 valence electrons. The summed E-state index contributed by atoms with van der Waals surface area (Å²) in [5.41, 5.74) is 0.331. The minimum atomic E-state index is -3.62. The van der Waals surface area contributed by atoms with Crippen molar-refractivity contribution in [3.63, 3.8) is 0 Å². The molecule has 1 aliphatic rings. The SMILES string of the molecule is CN(C(=O)CN(c1ccc(Cl)c(Cl)c1)S(C)(=O)=O)C1CCCCC1. The van der Waals surface area contributed by atoms with Gasteiger partial charge in [-0.15, -0.1) is 0 Å². The molecule has 2 rings (SSSR count). The van der Waals surface area contributed by atoms with Crippen molar-refractivity contribution in [1.82, 2.24) is 4.90 Å². The van der Waals surface area contributed by atoms with Gasteiger partial charge in [-0.3, -0.25) is 9.10 Å². The number of halogens is 2. The van der Waals surface area contributed by atoms with Crippen LogP contribution in [0.15, 0.2) is 18.2 Å². The zero-order valence-electron chi connectivity index (χ0n) is 13.8. The normalized spacial score (nSPS) is 16.0. The van der Waals surface area contributed by atoms with Gasteiger partial charge in [0.25, 0.3) is 0 Å². The second kappa shape index (κ2) is 7.93. The molecule has 0 aliphatic heterocycles. The molecular formula is C16H22Cl2N2O3S. The van der Waals surface area contributed by atoms with Crippen LogP contribution in [0.2, 0.25) is 10.0 Å². The fraction of sp³-hybridized carbons (Fsp3) is 0.562. The second-order valence-corrected chi connectivity index (χ2v) is 8.89. The molecule has 0 N–H and O–H groups in total. The quantitative estimate of drug-likeness (QED) is 0.769. The van der Waals surface area contributed by atoms with Gasteiger partial charge in [-0.1, -0.05) is 42.5 Å².